The van der Waals surface area contributed by atoms with Crippen molar-refractivity contribution in [2.75, 3.05) is 26.2 Å². The first-order valence-corrected chi connectivity index (χ1v) is 9.18. The van der Waals surface area contributed by atoms with E-state index in [2.05, 4.69) is 21.2 Å². The maximum atomic E-state index is 13.0. The van der Waals surface area contributed by atoms with Crippen LogP contribution in [-0.4, -0.2) is 44.5 Å². The first kappa shape index (κ1) is 16.7. The Bertz CT molecular complexity index is 617. The van der Waals surface area contributed by atoms with E-state index in [1.165, 1.54) is 0 Å². The van der Waals surface area contributed by atoms with Crippen LogP contribution in [0.1, 0.15) is 20.8 Å². The van der Waals surface area contributed by atoms with Crippen LogP contribution in [0.4, 0.5) is 0 Å². The Labute approximate surface area is 134 Å². The van der Waals surface area contributed by atoms with Crippen molar-refractivity contribution in [2.24, 2.45) is 0 Å². The largest absolute Gasteiger partial charge is 0.492 e. The molecule has 0 atom stereocenters. The molecule has 1 N–H and O–H groups in total. The topological polar surface area (TPSA) is 58.6 Å². The Balaban J connectivity index is 2.50. The molecule has 0 amide bonds. The summed E-state index contributed by atoms with van der Waals surface area (Å²) < 4.78 is 33.9. The quantitative estimate of drug-likeness (QED) is 0.874. The number of halogens is 1. The van der Waals surface area contributed by atoms with Crippen molar-refractivity contribution in [1.82, 2.24) is 9.62 Å². The number of benzene rings is 1. The van der Waals surface area contributed by atoms with Gasteiger partial charge in [0.2, 0.25) is 10.0 Å². The number of hydrogen-bond donors (Lipinski definition) is 1. The van der Waals surface area contributed by atoms with E-state index in [1.807, 2.05) is 20.8 Å². The summed E-state index contributed by atoms with van der Waals surface area (Å²) in [5.74, 6) is 0.398. The number of piperazine rings is 1. The first-order valence-electron chi connectivity index (χ1n) is 6.95. The van der Waals surface area contributed by atoms with Crippen molar-refractivity contribution in [3.63, 3.8) is 0 Å². The summed E-state index contributed by atoms with van der Waals surface area (Å²) in [6.07, 6.45) is 0. The highest BCUT2D eigenvalue weighted by molar-refractivity contribution is 9.10. The summed E-state index contributed by atoms with van der Waals surface area (Å²) in [7, 11) is -3.61. The highest BCUT2D eigenvalue weighted by Gasteiger charge is 2.40. The standard InChI is InChI=1S/C14H21BrN2O3S/c1-4-20-12-6-5-11(15)9-13(12)21(18,19)17-8-7-16-10-14(17,2)3/h5-6,9,16H,4,7-8,10H2,1-3H3. The molecule has 7 heteroatoms. The van der Waals surface area contributed by atoms with Crippen molar-refractivity contribution in [2.45, 2.75) is 31.2 Å². The van der Waals surface area contributed by atoms with Crippen molar-refractivity contribution in [3.8, 4) is 5.75 Å². The Morgan fingerprint density at radius 3 is 2.76 bits per heavy atom. The van der Waals surface area contributed by atoms with Gasteiger partial charge in [-0.3, -0.25) is 0 Å². The minimum atomic E-state index is -3.61. The molecule has 1 aromatic carbocycles. The average molecular weight is 377 g/mol. The molecular formula is C14H21BrN2O3S. The van der Waals surface area contributed by atoms with Crippen LogP contribution in [0.5, 0.6) is 5.75 Å². The smallest absolute Gasteiger partial charge is 0.247 e. The number of rotatable bonds is 4. The number of ether oxygens (including phenoxy) is 1. The molecule has 0 saturated carbocycles. The van der Waals surface area contributed by atoms with E-state index in [4.69, 9.17) is 4.74 Å². The molecule has 0 bridgehead atoms. The zero-order valence-corrected chi connectivity index (χ0v) is 14.9. The maximum absolute atomic E-state index is 13.0. The lowest BCUT2D eigenvalue weighted by Crippen LogP contribution is -2.59. The van der Waals surface area contributed by atoms with Gasteiger partial charge in [0.25, 0.3) is 0 Å². The molecule has 21 heavy (non-hydrogen) atoms. The van der Waals surface area contributed by atoms with Gasteiger partial charge in [-0.25, -0.2) is 8.42 Å². The van der Waals surface area contributed by atoms with E-state index in [0.717, 1.165) is 4.47 Å². The van der Waals surface area contributed by atoms with Gasteiger partial charge in [0.05, 0.1) is 6.61 Å². The van der Waals surface area contributed by atoms with Gasteiger partial charge in [0.1, 0.15) is 10.6 Å². The lowest BCUT2D eigenvalue weighted by Gasteiger charge is -2.41. The lowest BCUT2D eigenvalue weighted by molar-refractivity contribution is 0.185. The van der Waals surface area contributed by atoms with Gasteiger partial charge in [-0.2, -0.15) is 4.31 Å². The molecule has 2 rings (SSSR count). The molecular weight excluding hydrogens is 356 g/mol. The Morgan fingerprint density at radius 2 is 2.14 bits per heavy atom. The molecule has 5 nitrogen and oxygen atoms in total. The zero-order valence-electron chi connectivity index (χ0n) is 12.5. The average Bonchev–Trinajstić information content (AvgIpc) is 2.40. The molecule has 1 heterocycles. The maximum Gasteiger partial charge on any atom is 0.247 e. The normalized spacial score (nSPS) is 19.4. The van der Waals surface area contributed by atoms with E-state index in [-0.39, 0.29) is 4.90 Å². The monoisotopic (exact) mass is 376 g/mol. The highest BCUT2D eigenvalue weighted by Crippen LogP contribution is 2.33. The van der Waals surface area contributed by atoms with E-state index in [1.54, 1.807) is 22.5 Å². The third-order valence-corrected chi connectivity index (χ3v) is 6.12. The van der Waals surface area contributed by atoms with Gasteiger partial charge in [-0.05, 0) is 39.0 Å². The van der Waals surface area contributed by atoms with Crippen LogP contribution >= 0.6 is 15.9 Å². The van der Waals surface area contributed by atoms with Crippen molar-refractivity contribution in [1.29, 1.82) is 0 Å². The molecule has 1 aliphatic heterocycles. The highest BCUT2D eigenvalue weighted by atomic mass is 79.9. The molecule has 1 aromatic rings. The molecule has 1 saturated heterocycles. The summed E-state index contributed by atoms with van der Waals surface area (Å²) in [6, 6.07) is 5.08. The number of sulfonamides is 1. The van der Waals surface area contributed by atoms with Gasteiger partial charge < -0.3 is 10.1 Å². The molecule has 0 radical (unpaired) electrons. The fourth-order valence-corrected chi connectivity index (χ4v) is 4.94. The van der Waals surface area contributed by atoms with E-state index in [9.17, 15) is 8.42 Å². The zero-order chi connectivity index (χ0) is 15.7. The summed E-state index contributed by atoms with van der Waals surface area (Å²) >= 11 is 3.34. The summed E-state index contributed by atoms with van der Waals surface area (Å²) in [5.41, 5.74) is -0.469. The van der Waals surface area contributed by atoms with Crippen molar-refractivity contribution < 1.29 is 13.2 Å². The third-order valence-electron chi connectivity index (χ3n) is 3.50. The van der Waals surface area contributed by atoms with Crippen LogP contribution in [0.2, 0.25) is 0 Å². The van der Waals surface area contributed by atoms with E-state index >= 15 is 0 Å². The van der Waals surface area contributed by atoms with Gasteiger partial charge in [0, 0.05) is 29.6 Å². The predicted molar refractivity (Wildman–Crippen MR) is 86.2 cm³/mol. The summed E-state index contributed by atoms with van der Waals surface area (Å²) in [5, 5.41) is 3.23. The van der Waals surface area contributed by atoms with Crippen LogP contribution < -0.4 is 10.1 Å². The molecule has 118 valence electrons. The third kappa shape index (κ3) is 3.41. The number of hydrogen-bond acceptors (Lipinski definition) is 4. The van der Waals surface area contributed by atoms with Crippen LogP contribution in [0, 0.1) is 0 Å². The Morgan fingerprint density at radius 1 is 1.43 bits per heavy atom. The Kier molecular flexibility index (Phi) is 4.97. The second kappa shape index (κ2) is 6.24. The molecule has 1 fully saturated rings. The summed E-state index contributed by atoms with van der Waals surface area (Å²) in [4.78, 5) is 0.216. The first-order chi connectivity index (χ1) is 9.79. The van der Waals surface area contributed by atoms with Gasteiger partial charge >= 0.3 is 0 Å². The van der Waals surface area contributed by atoms with Crippen LogP contribution in [0.3, 0.4) is 0 Å². The SMILES string of the molecule is CCOc1ccc(Br)cc1S(=O)(=O)N1CCNCC1(C)C. The van der Waals surface area contributed by atoms with Gasteiger partial charge in [0.15, 0.2) is 0 Å². The van der Waals surface area contributed by atoms with Crippen LogP contribution in [-0.2, 0) is 10.0 Å². The Hall–Kier alpha value is -0.630. The van der Waals surface area contributed by atoms with Crippen molar-refractivity contribution in [3.05, 3.63) is 22.7 Å². The van der Waals surface area contributed by atoms with Gasteiger partial charge in [-0.15, -0.1) is 0 Å². The van der Waals surface area contributed by atoms with Crippen LogP contribution in [0.25, 0.3) is 0 Å². The molecule has 1 aliphatic rings. The second-order valence-corrected chi connectivity index (χ2v) is 8.34. The fourth-order valence-electron chi connectivity index (χ4n) is 2.49. The fraction of sp³-hybridized carbons (Fsp3) is 0.571. The van der Waals surface area contributed by atoms with Crippen LogP contribution in [0.15, 0.2) is 27.6 Å². The lowest BCUT2D eigenvalue weighted by atomic mass is 10.0. The molecule has 0 spiro atoms. The van der Waals surface area contributed by atoms with Crippen molar-refractivity contribution >= 4 is 26.0 Å². The van der Waals surface area contributed by atoms with E-state index in [0.29, 0.717) is 32.0 Å². The summed E-state index contributed by atoms with van der Waals surface area (Å²) in [6.45, 7) is 7.85. The second-order valence-electron chi connectivity index (χ2n) is 5.59. The predicted octanol–water partition coefficient (Wildman–Crippen LogP) is 2.22. The minimum absolute atomic E-state index is 0.216. The van der Waals surface area contributed by atoms with Gasteiger partial charge in [-0.1, -0.05) is 15.9 Å². The molecule has 0 aromatic heterocycles. The number of nitrogens with one attached hydrogen (secondary N) is 1. The minimum Gasteiger partial charge on any atom is -0.492 e. The molecule has 0 aliphatic carbocycles. The van der Waals surface area contributed by atoms with E-state index < -0.39 is 15.6 Å². The number of nitrogens with zero attached hydrogens (tertiary/aromatic N) is 1. The molecule has 0 unspecified atom stereocenters.